The first-order chi connectivity index (χ1) is 9.20. The van der Waals surface area contributed by atoms with Gasteiger partial charge in [0.15, 0.2) is 0 Å². The summed E-state index contributed by atoms with van der Waals surface area (Å²) in [6, 6.07) is 9.28. The molecule has 0 radical (unpaired) electrons. The van der Waals surface area contributed by atoms with Gasteiger partial charge in [-0.15, -0.1) is 11.3 Å². The summed E-state index contributed by atoms with van der Waals surface area (Å²) in [5, 5.41) is 6.84. The Morgan fingerprint density at radius 3 is 2.53 bits per heavy atom. The van der Waals surface area contributed by atoms with Crippen molar-refractivity contribution in [3.63, 3.8) is 0 Å². The lowest BCUT2D eigenvalue weighted by Crippen LogP contribution is -2.23. The van der Waals surface area contributed by atoms with E-state index >= 15 is 0 Å². The van der Waals surface area contributed by atoms with Crippen LogP contribution in [-0.2, 0) is 6.42 Å². The normalized spacial score (nSPS) is 14.3. The number of benzene rings is 1. The molecular weight excluding hydrogens is 252 g/mol. The van der Waals surface area contributed by atoms with E-state index < -0.39 is 0 Å². The fourth-order valence-electron chi connectivity index (χ4n) is 2.08. The van der Waals surface area contributed by atoms with Gasteiger partial charge in [-0.1, -0.05) is 38.1 Å². The number of nitrogens with zero attached hydrogens (tertiary/aromatic N) is 1. The lowest BCUT2D eigenvalue weighted by Gasteiger charge is -2.17. The molecule has 1 aromatic carbocycles. The summed E-state index contributed by atoms with van der Waals surface area (Å²) >= 11 is 1.73. The van der Waals surface area contributed by atoms with Gasteiger partial charge in [-0.2, -0.15) is 0 Å². The summed E-state index contributed by atoms with van der Waals surface area (Å²) < 4.78 is 0. The molecule has 102 valence electrons. The fourth-order valence-corrected chi connectivity index (χ4v) is 2.78. The van der Waals surface area contributed by atoms with E-state index in [1.807, 2.05) is 11.6 Å². The minimum Gasteiger partial charge on any atom is -0.310 e. The molecule has 0 saturated heterocycles. The first-order valence-corrected chi connectivity index (χ1v) is 7.80. The first kappa shape index (κ1) is 14.2. The van der Waals surface area contributed by atoms with E-state index in [9.17, 15) is 0 Å². The minimum atomic E-state index is 0.383. The highest BCUT2D eigenvalue weighted by Gasteiger charge is 2.10. The second-order valence-corrected chi connectivity index (χ2v) is 5.92. The highest BCUT2D eigenvalue weighted by molar-refractivity contribution is 7.09. The summed E-state index contributed by atoms with van der Waals surface area (Å²) in [4.78, 5) is 4.37. The van der Waals surface area contributed by atoms with E-state index in [-0.39, 0.29) is 0 Å². The number of hydrogen-bond donors (Lipinski definition) is 1. The number of aryl methyl sites for hydroxylation is 1. The molecule has 2 unspecified atom stereocenters. The third-order valence-corrected chi connectivity index (χ3v) is 4.50. The Balaban J connectivity index is 1.88. The summed E-state index contributed by atoms with van der Waals surface area (Å²) in [5.41, 5.74) is 2.75. The topological polar surface area (TPSA) is 24.9 Å². The lowest BCUT2D eigenvalue weighted by molar-refractivity contribution is 0.536. The van der Waals surface area contributed by atoms with E-state index in [1.165, 1.54) is 16.1 Å². The number of thiazole rings is 1. The molecule has 0 spiro atoms. The monoisotopic (exact) mass is 274 g/mol. The third-order valence-electron chi connectivity index (χ3n) is 3.49. The quantitative estimate of drug-likeness (QED) is 0.855. The van der Waals surface area contributed by atoms with Crippen LogP contribution in [0.3, 0.4) is 0 Å². The zero-order valence-corrected chi connectivity index (χ0v) is 12.7. The molecule has 2 rings (SSSR count). The first-order valence-electron chi connectivity index (χ1n) is 6.92. The van der Waals surface area contributed by atoms with Crippen molar-refractivity contribution in [2.24, 2.45) is 0 Å². The van der Waals surface area contributed by atoms with E-state index in [1.54, 1.807) is 11.3 Å². The van der Waals surface area contributed by atoms with Crippen LogP contribution in [0.4, 0.5) is 0 Å². The second-order valence-electron chi connectivity index (χ2n) is 5.00. The van der Waals surface area contributed by atoms with E-state index in [2.05, 4.69) is 55.3 Å². The van der Waals surface area contributed by atoms with Crippen LogP contribution in [0.2, 0.25) is 0 Å². The van der Waals surface area contributed by atoms with E-state index in [4.69, 9.17) is 0 Å². The lowest BCUT2D eigenvalue weighted by atomic mass is 10.0. The van der Waals surface area contributed by atoms with Gasteiger partial charge in [0.05, 0.1) is 5.01 Å². The molecule has 1 N–H and O–H groups in total. The number of hydrogen-bond acceptors (Lipinski definition) is 3. The van der Waals surface area contributed by atoms with E-state index in [0.717, 1.165) is 13.0 Å². The maximum absolute atomic E-state index is 4.37. The molecule has 2 aromatic rings. The highest BCUT2D eigenvalue weighted by atomic mass is 32.1. The van der Waals surface area contributed by atoms with Crippen LogP contribution in [0.15, 0.2) is 35.8 Å². The molecule has 0 bridgehead atoms. The number of nitrogens with one attached hydrogen (secondary N) is 1. The van der Waals surface area contributed by atoms with Crippen molar-refractivity contribution >= 4 is 11.3 Å². The smallest absolute Gasteiger partial charge is 0.0965 e. The van der Waals surface area contributed by atoms with Crippen LogP contribution in [0.1, 0.15) is 48.9 Å². The van der Waals surface area contributed by atoms with Crippen molar-refractivity contribution in [2.45, 2.75) is 39.2 Å². The Kier molecular flexibility index (Phi) is 5.11. The molecule has 0 aliphatic carbocycles. The maximum atomic E-state index is 4.37. The van der Waals surface area contributed by atoms with Gasteiger partial charge in [0, 0.05) is 30.1 Å². The van der Waals surface area contributed by atoms with Crippen molar-refractivity contribution in [3.05, 3.63) is 52.0 Å². The molecule has 2 nitrogen and oxygen atoms in total. The van der Waals surface area contributed by atoms with Gasteiger partial charge in [0.2, 0.25) is 0 Å². The van der Waals surface area contributed by atoms with Gasteiger partial charge in [0.1, 0.15) is 0 Å². The standard InChI is InChI=1S/C16H22N2S/c1-4-14-5-7-15(8-6-14)13(3)18-11-12(2)16-17-9-10-19-16/h5-10,12-13,18H,4,11H2,1-3H3. The van der Waals surface area contributed by atoms with Crippen LogP contribution < -0.4 is 5.32 Å². The molecule has 1 heterocycles. The molecular formula is C16H22N2S. The molecule has 0 aliphatic heterocycles. The van der Waals surface area contributed by atoms with Gasteiger partial charge in [0.25, 0.3) is 0 Å². The van der Waals surface area contributed by atoms with Crippen molar-refractivity contribution in [1.82, 2.24) is 10.3 Å². The van der Waals surface area contributed by atoms with Gasteiger partial charge in [-0.05, 0) is 24.5 Å². The fraction of sp³-hybridized carbons (Fsp3) is 0.438. The Bertz CT molecular complexity index is 476. The van der Waals surface area contributed by atoms with Crippen molar-refractivity contribution in [3.8, 4) is 0 Å². The van der Waals surface area contributed by atoms with Crippen molar-refractivity contribution in [1.29, 1.82) is 0 Å². The summed E-state index contributed by atoms with van der Waals surface area (Å²) in [7, 11) is 0. The number of rotatable bonds is 6. The predicted octanol–water partition coefficient (Wildman–Crippen LogP) is 4.16. The summed E-state index contributed by atoms with van der Waals surface area (Å²) in [5.74, 6) is 0.470. The van der Waals surface area contributed by atoms with Crippen LogP contribution in [-0.4, -0.2) is 11.5 Å². The summed E-state index contributed by atoms with van der Waals surface area (Å²) in [6.07, 6.45) is 2.98. The molecule has 1 aromatic heterocycles. The molecule has 3 heteroatoms. The maximum Gasteiger partial charge on any atom is 0.0965 e. The van der Waals surface area contributed by atoms with Crippen LogP contribution in [0, 0.1) is 0 Å². The molecule has 19 heavy (non-hydrogen) atoms. The average molecular weight is 274 g/mol. The number of aromatic nitrogens is 1. The van der Waals surface area contributed by atoms with Crippen molar-refractivity contribution in [2.75, 3.05) is 6.54 Å². The van der Waals surface area contributed by atoms with Crippen LogP contribution in [0.25, 0.3) is 0 Å². The molecule has 0 aliphatic rings. The van der Waals surface area contributed by atoms with Crippen LogP contribution >= 0.6 is 11.3 Å². The third kappa shape index (κ3) is 3.88. The average Bonchev–Trinajstić information content (AvgIpc) is 2.98. The highest BCUT2D eigenvalue weighted by Crippen LogP contribution is 2.19. The van der Waals surface area contributed by atoms with Gasteiger partial charge < -0.3 is 5.32 Å². The van der Waals surface area contributed by atoms with E-state index in [0.29, 0.717) is 12.0 Å². The van der Waals surface area contributed by atoms with Crippen molar-refractivity contribution < 1.29 is 0 Å². The molecule has 0 amide bonds. The minimum absolute atomic E-state index is 0.383. The Morgan fingerprint density at radius 2 is 1.95 bits per heavy atom. The molecule has 2 atom stereocenters. The predicted molar refractivity (Wildman–Crippen MR) is 82.8 cm³/mol. The zero-order chi connectivity index (χ0) is 13.7. The molecule has 0 fully saturated rings. The largest absolute Gasteiger partial charge is 0.310 e. The second kappa shape index (κ2) is 6.83. The van der Waals surface area contributed by atoms with Gasteiger partial charge in [-0.25, -0.2) is 4.98 Å². The Morgan fingerprint density at radius 1 is 1.21 bits per heavy atom. The molecule has 0 saturated carbocycles. The Labute approximate surface area is 119 Å². The Hall–Kier alpha value is -1.19. The van der Waals surface area contributed by atoms with Gasteiger partial charge >= 0.3 is 0 Å². The SMILES string of the molecule is CCc1ccc(C(C)NCC(C)c2nccs2)cc1. The zero-order valence-electron chi connectivity index (χ0n) is 11.9. The van der Waals surface area contributed by atoms with Crippen LogP contribution in [0.5, 0.6) is 0 Å². The summed E-state index contributed by atoms with van der Waals surface area (Å²) in [6.45, 7) is 7.59. The van der Waals surface area contributed by atoms with Gasteiger partial charge in [-0.3, -0.25) is 0 Å².